The van der Waals surface area contributed by atoms with Gasteiger partial charge in [-0.25, -0.2) is 0 Å². The molecule has 0 amide bonds. The quantitative estimate of drug-likeness (QED) is 0.171. The lowest BCUT2D eigenvalue weighted by Gasteiger charge is -2.44. The molecule has 0 bridgehead atoms. The lowest BCUT2D eigenvalue weighted by molar-refractivity contribution is 0.634. The fourth-order valence-corrected chi connectivity index (χ4v) is 5.58. The Morgan fingerprint density at radius 1 is 0.471 bits per heavy atom. The molecular formula is C49H38N2. The maximum atomic E-state index is 9.87. The van der Waals surface area contributed by atoms with Crippen molar-refractivity contribution in [3.63, 3.8) is 0 Å². The van der Waals surface area contributed by atoms with Crippen molar-refractivity contribution in [3.8, 4) is 22.3 Å². The molecule has 2 heteroatoms. The number of fused-ring (bicyclic) bond motifs is 3. The van der Waals surface area contributed by atoms with Gasteiger partial charge in [0.2, 0.25) is 0 Å². The first-order chi connectivity index (χ1) is 40.9. The Morgan fingerprint density at radius 3 is 1.75 bits per heavy atom. The minimum atomic E-state index is -4.33. The molecule has 0 atom stereocenters. The van der Waals surface area contributed by atoms with E-state index in [1.807, 2.05) is 0 Å². The van der Waals surface area contributed by atoms with Crippen LogP contribution in [-0.2, 0) is 5.41 Å². The van der Waals surface area contributed by atoms with Crippen LogP contribution in [0.1, 0.15) is 76.9 Å². The van der Waals surface area contributed by atoms with Crippen molar-refractivity contribution in [2.24, 2.45) is 0 Å². The van der Waals surface area contributed by atoms with Gasteiger partial charge in [-0.1, -0.05) is 159 Å². The van der Waals surface area contributed by atoms with Gasteiger partial charge in [-0.2, -0.15) is 0 Å². The number of hydrogen-bond acceptors (Lipinski definition) is 2. The molecule has 0 saturated heterocycles. The van der Waals surface area contributed by atoms with Crippen LogP contribution in [0, 0.1) is 0 Å². The molecule has 1 heterocycles. The van der Waals surface area contributed by atoms with Crippen molar-refractivity contribution in [2.45, 2.75) is 19.1 Å². The molecule has 0 aromatic heterocycles. The summed E-state index contributed by atoms with van der Waals surface area (Å²) in [6, 6.07) is -41.8. The van der Waals surface area contributed by atoms with Gasteiger partial charge in [-0.3, -0.25) is 0 Å². The average molecular weight is 693 g/mol. The Hall–Kier alpha value is -6.38. The van der Waals surface area contributed by atoms with E-state index in [2.05, 4.69) is 0 Å². The van der Waals surface area contributed by atoms with Crippen molar-refractivity contribution in [3.05, 3.63) is 204 Å². The second-order valence-electron chi connectivity index (χ2n) is 10.5. The van der Waals surface area contributed by atoms with Crippen LogP contribution in [0.25, 0.3) is 33.0 Å². The first-order valence-corrected chi connectivity index (χ1v) is 14.6. The van der Waals surface area contributed by atoms with Gasteiger partial charge in [0.1, 0.15) is 0 Å². The zero-order chi connectivity index (χ0) is 67.2. The molecule has 0 spiro atoms. The van der Waals surface area contributed by atoms with Crippen LogP contribution in [0.2, 0.25) is 0 Å². The van der Waals surface area contributed by atoms with Gasteiger partial charge in [0.15, 0.2) is 0 Å². The highest BCUT2D eigenvalue weighted by Gasteiger charge is 2.39. The Morgan fingerprint density at radius 2 is 1.04 bits per heavy atom. The molecule has 9 rings (SSSR count). The first kappa shape index (κ1) is 10.3. The summed E-state index contributed by atoms with van der Waals surface area (Å²) in [4.78, 5) is 0.482. The summed E-state index contributed by atoms with van der Waals surface area (Å²) < 4.78 is 347. The monoisotopic (exact) mass is 693 g/mol. The molecule has 0 unspecified atom stereocenters. The fourth-order valence-electron chi connectivity index (χ4n) is 5.58. The third-order valence-electron chi connectivity index (χ3n) is 7.67. The van der Waals surface area contributed by atoms with E-state index in [9.17, 15) is 24.7 Å². The summed E-state index contributed by atoms with van der Waals surface area (Å²) >= 11 is 0. The third kappa shape index (κ3) is 5.19. The van der Waals surface area contributed by atoms with Crippen molar-refractivity contribution < 1.29 is 52.1 Å². The van der Waals surface area contributed by atoms with E-state index in [0.29, 0.717) is 0 Å². The maximum absolute atomic E-state index is 9.87. The van der Waals surface area contributed by atoms with Gasteiger partial charge in [-0.15, -0.1) is 0 Å². The van der Waals surface area contributed by atoms with Gasteiger partial charge >= 0.3 is 0 Å². The maximum Gasteiger partial charge on any atom is 0.0645 e. The van der Waals surface area contributed by atoms with Crippen LogP contribution < -0.4 is 9.80 Å². The van der Waals surface area contributed by atoms with Crippen LogP contribution in [0.4, 0.5) is 34.1 Å². The molecule has 8 aromatic carbocycles. The van der Waals surface area contributed by atoms with Gasteiger partial charge in [-0.05, 0) is 81.5 Å². The lowest BCUT2D eigenvalue weighted by atomic mass is 9.70. The molecule has 0 saturated carbocycles. The summed E-state index contributed by atoms with van der Waals surface area (Å²) in [6.45, 7) is -8.66. The highest BCUT2D eigenvalue weighted by Crippen LogP contribution is 2.57. The summed E-state index contributed by atoms with van der Waals surface area (Å²) in [5, 5.41) is -2.20. The highest BCUT2D eigenvalue weighted by molar-refractivity contribution is 6.08. The standard InChI is InChI=1S/C49H38N2/c1-49(2)44-26-14-15-27-45(44)51(46-28-16-25-41(47(46)49)35-17-6-3-7-18-35)48-42-24-13-12-19-36(42)31-34-43(48)37-29-32-40(33-30-37)50(38-20-8-4-9-21-38)39-22-10-5-11-23-39/h3-34H,1-2H3/i1D3,2D3,3D,4D,5D,6D,7D,8D,9D,10D,11D,12D,13D,14D,15D,16D,17D,18D,19D,20D,21D,22D,23D,24D,25D,26D,27D,28D,29D,30D,31D,32D,33D,34D. The first-order valence-electron chi connectivity index (χ1n) is 33.6. The molecular weight excluding hydrogens is 617 g/mol. The van der Waals surface area contributed by atoms with E-state index in [0.717, 1.165) is 0 Å². The normalized spacial score (nSPS) is 24.0. The predicted molar refractivity (Wildman–Crippen MR) is 216 cm³/mol. The predicted octanol–water partition coefficient (Wildman–Crippen LogP) is 13.8. The third-order valence-corrected chi connectivity index (χ3v) is 7.67. The SMILES string of the molecule is [2H]c1c([2H])c([2H])c(-c2c([2H])c([2H])c([2H])c3c2C(C([2H])([2H])[2H])(C([2H])([2H])[2H])c2c([2H])c([2H])c([2H])c([2H])c2N3c2c(-c3c([2H])c([2H])c(N(c4c([2H])c([2H])c([2H])c([2H])c4[2H])c4c([2H])c([2H])c([2H])c([2H])c4[2H])c([2H])c3[2H])c([2H])c([2H])c3c([2H])c([2H])c([2H])c([2H])c23)c([2H])c1[2H]. The number of rotatable bonds is 6. The largest absolute Gasteiger partial charge is 0.311 e. The number of nitrogens with zero attached hydrogens (tertiary/aromatic N) is 2. The van der Waals surface area contributed by atoms with Crippen molar-refractivity contribution in [1.29, 1.82) is 0 Å². The number of para-hydroxylation sites is 3. The molecule has 51 heavy (non-hydrogen) atoms. The molecule has 0 fully saturated rings. The smallest absolute Gasteiger partial charge is 0.0645 e. The van der Waals surface area contributed by atoms with Crippen LogP contribution >= 0.6 is 0 Å². The summed E-state index contributed by atoms with van der Waals surface area (Å²) in [6.07, 6.45) is 0. The van der Waals surface area contributed by atoms with Gasteiger partial charge < -0.3 is 9.80 Å². The molecule has 8 aromatic rings. The Kier molecular flexibility index (Phi) is 2.53. The van der Waals surface area contributed by atoms with Gasteiger partial charge in [0.05, 0.1) is 60.9 Å². The Labute approximate surface area is 353 Å². The van der Waals surface area contributed by atoms with Crippen molar-refractivity contribution in [2.75, 3.05) is 9.80 Å². The summed E-state index contributed by atoms with van der Waals surface area (Å²) in [7, 11) is 0. The lowest BCUT2D eigenvalue weighted by Crippen LogP contribution is -2.31. The van der Waals surface area contributed by atoms with E-state index < -0.39 is 291 Å². The Bertz CT molecular complexity index is 4360. The van der Waals surface area contributed by atoms with Gasteiger partial charge in [0.25, 0.3) is 0 Å². The van der Waals surface area contributed by atoms with Crippen molar-refractivity contribution in [1.82, 2.24) is 0 Å². The fraction of sp³-hybridized carbons (Fsp3) is 0.0612. The number of anilines is 6. The second kappa shape index (κ2) is 12.5. The molecule has 2 nitrogen and oxygen atoms in total. The van der Waals surface area contributed by atoms with Gasteiger partial charge in [0, 0.05) is 41.7 Å². The van der Waals surface area contributed by atoms with E-state index in [1.165, 1.54) is 0 Å². The van der Waals surface area contributed by atoms with E-state index in [4.69, 9.17) is 27.4 Å². The summed E-state index contributed by atoms with van der Waals surface area (Å²) in [5.41, 5.74) is -20.5. The molecule has 0 radical (unpaired) electrons. The molecule has 1 aliphatic rings. The molecule has 0 N–H and O–H groups in total. The topological polar surface area (TPSA) is 6.48 Å². The zero-order valence-electron chi connectivity index (χ0n) is 63.4. The van der Waals surface area contributed by atoms with E-state index in [1.54, 1.807) is 0 Å². The zero-order valence-corrected chi connectivity index (χ0v) is 25.4. The number of hydrogen-bond donors (Lipinski definition) is 0. The second-order valence-corrected chi connectivity index (χ2v) is 10.5. The minimum absolute atomic E-state index is 0.234. The van der Waals surface area contributed by atoms with E-state index >= 15 is 0 Å². The molecule has 0 aliphatic carbocycles. The van der Waals surface area contributed by atoms with Crippen LogP contribution in [0.3, 0.4) is 0 Å². The van der Waals surface area contributed by atoms with E-state index in [-0.39, 0.29) is 9.80 Å². The highest BCUT2D eigenvalue weighted by atomic mass is 15.2. The molecule has 244 valence electrons. The Balaban J connectivity index is 1.66. The number of benzene rings is 8. The van der Waals surface area contributed by atoms with Crippen LogP contribution in [0.5, 0.6) is 0 Å². The average Bonchev–Trinajstić information content (AvgIpc) is 0.663. The van der Waals surface area contributed by atoms with Crippen LogP contribution in [0.15, 0.2) is 193 Å². The van der Waals surface area contributed by atoms with Crippen LogP contribution in [-0.4, -0.2) is 0 Å². The summed E-state index contributed by atoms with van der Waals surface area (Å²) in [5.74, 6) is 0. The minimum Gasteiger partial charge on any atom is -0.311 e. The van der Waals surface area contributed by atoms with Crippen molar-refractivity contribution >= 4 is 44.9 Å². The molecule has 1 aliphatic heterocycles.